The Morgan fingerprint density at radius 2 is 1.04 bits per heavy atom. The third-order valence-electron chi connectivity index (χ3n) is 11.5. The molecule has 0 aliphatic rings. The highest BCUT2D eigenvalue weighted by Crippen LogP contribution is 2.31. The van der Waals surface area contributed by atoms with Gasteiger partial charge in [-0.05, 0) is 101 Å². The van der Waals surface area contributed by atoms with Crippen LogP contribution in [0.5, 0.6) is 11.8 Å². The van der Waals surface area contributed by atoms with E-state index in [0.29, 0.717) is 54.3 Å². The van der Waals surface area contributed by atoms with Crippen LogP contribution in [0.25, 0.3) is 33.2 Å². The van der Waals surface area contributed by atoms with Gasteiger partial charge in [-0.1, -0.05) is 84.4 Å². The molecule has 0 aliphatic heterocycles. The van der Waals surface area contributed by atoms with Crippen LogP contribution in [0.15, 0.2) is 159 Å². The van der Waals surface area contributed by atoms with Crippen molar-refractivity contribution in [1.82, 2.24) is 39.9 Å². The normalized spacial score (nSPS) is 10.8. The van der Waals surface area contributed by atoms with Gasteiger partial charge in [0.05, 0.1) is 31.6 Å². The molecule has 0 spiro atoms. The van der Waals surface area contributed by atoms with Crippen LogP contribution in [-0.4, -0.2) is 71.3 Å². The van der Waals surface area contributed by atoms with E-state index in [4.69, 9.17) is 31.1 Å². The fourth-order valence-electron chi connectivity index (χ4n) is 8.01. The van der Waals surface area contributed by atoms with E-state index < -0.39 is 7.12 Å². The number of rotatable bonds is 14. The van der Waals surface area contributed by atoms with Crippen LogP contribution in [0.1, 0.15) is 44.8 Å². The van der Waals surface area contributed by atoms with E-state index in [2.05, 4.69) is 64.1 Å². The summed E-state index contributed by atoms with van der Waals surface area (Å²) in [4.78, 5) is 32.4. The molecule has 4 N–H and O–H groups in total. The Labute approximate surface area is 408 Å². The monoisotopic (exact) mass is 956 g/mol. The molecule has 0 aliphatic carbocycles. The molecule has 16 heteroatoms. The maximum Gasteiger partial charge on any atom is 0.488 e. The van der Waals surface area contributed by atoms with Crippen molar-refractivity contribution in [2.75, 3.05) is 14.2 Å². The van der Waals surface area contributed by atoms with Crippen LogP contribution in [0.2, 0.25) is 5.02 Å². The minimum Gasteiger partial charge on any atom is -0.481 e. The summed E-state index contributed by atoms with van der Waals surface area (Å²) in [5, 5.41) is 19.9. The molecule has 10 rings (SSSR count). The van der Waals surface area contributed by atoms with Gasteiger partial charge in [-0.25, -0.2) is 28.7 Å². The molecule has 0 saturated heterocycles. The van der Waals surface area contributed by atoms with Crippen molar-refractivity contribution in [3.8, 4) is 22.9 Å². The third kappa shape index (κ3) is 12.4. The largest absolute Gasteiger partial charge is 0.488 e. The number of H-pyrrole nitrogens is 2. The number of pyridine rings is 6. The lowest BCUT2D eigenvalue weighted by atomic mass is 9.81. The summed E-state index contributed by atoms with van der Waals surface area (Å²) in [6, 6.07) is 33.9. The van der Waals surface area contributed by atoms with Crippen molar-refractivity contribution in [2.45, 2.75) is 38.5 Å². The number of halogens is 3. The first-order valence-corrected chi connectivity index (χ1v) is 22.8. The first-order valence-electron chi connectivity index (χ1n) is 22.4. The molecule has 0 atom stereocenters. The van der Waals surface area contributed by atoms with Gasteiger partial charge in [0, 0.05) is 83.3 Å². The summed E-state index contributed by atoms with van der Waals surface area (Å²) in [7, 11) is 1.73. The van der Waals surface area contributed by atoms with Gasteiger partial charge in [-0.15, -0.1) is 0 Å². The average molecular weight is 957 g/mol. The minimum atomic E-state index is -1.34. The molecule has 10 aromatic rings. The molecule has 0 fully saturated rings. The minimum absolute atomic E-state index is 0.364. The molecular formula is C54H48BClF2N8O4. The molecule has 0 bridgehead atoms. The Morgan fingerprint density at radius 3 is 1.53 bits per heavy atom. The van der Waals surface area contributed by atoms with Crippen molar-refractivity contribution in [2.24, 2.45) is 0 Å². The quantitative estimate of drug-likeness (QED) is 0.0771. The molecule has 70 heavy (non-hydrogen) atoms. The lowest BCUT2D eigenvalue weighted by Crippen LogP contribution is -2.29. The Morgan fingerprint density at radius 1 is 0.543 bits per heavy atom. The summed E-state index contributed by atoms with van der Waals surface area (Å²) >= 11 is 6.31. The number of nitrogens with one attached hydrogen (secondary N) is 2. The van der Waals surface area contributed by atoms with E-state index in [0.717, 1.165) is 73.9 Å². The van der Waals surface area contributed by atoms with Crippen molar-refractivity contribution in [3.63, 3.8) is 0 Å². The zero-order valence-corrected chi connectivity index (χ0v) is 39.1. The molecule has 8 heterocycles. The molecule has 0 saturated carbocycles. The van der Waals surface area contributed by atoms with Crippen LogP contribution < -0.4 is 14.9 Å². The van der Waals surface area contributed by atoms with Crippen LogP contribution in [0.3, 0.4) is 0 Å². The first-order chi connectivity index (χ1) is 34.1. The van der Waals surface area contributed by atoms with Crippen LogP contribution in [0, 0.1) is 11.6 Å². The molecule has 0 radical (unpaired) electrons. The molecule has 0 amide bonds. The predicted molar refractivity (Wildman–Crippen MR) is 269 cm³/mol. The average Bonchev–Trinajstić information content (AvgIpc) is 4.01. The fourth-order valence-corrected chi connectivity index (χ4v) is 8.28. The van der Waals surface area contributed by atoms with E-state index in [-0.39, 0.29) is 11.6 Å². The predicted octanol–water partition coefficient (Wildman–Crippen LogP) is 9.44. The van der Waals surface area contributed by atoms with Gasteiger partial charge < -0.3 is 29.5 Å². The number of hydrogen-bond acceptors (Lipinski definition) is 10. The number of hydrogen-bond donors (Lipinski definition) is 4. The van der Waals surface area contributed by atoms with E-state index in [1.807, 2.05) is 73.4 Å². The van der Waals surface area contributed by atoms with Crippen molar-refractivity contribution >= 4 is 46.2 Å². The summed E-state index contributed by atoms with van der Waals surface area (Å²) in [5.74, 6) is 0.168. The zero-order valence-electron chi connectivity index (χ0n) is 38.4. The van der Waals surface area contributed by atoms with E-state index in [1.54, 1.807) is 43.6 Å². The van der Waals surface area contributed by atoms with Gasteiger partial charge in [0.15, 0.2) is 0 Å². The summed E-state index contributed by atoms with van der Waals surface area (Å²) in [6.07, 6.45) is 17.6. The number of aryl methyl sites for hydroxylation is 4. The summed E-state index contributed by atoms with van der Waals surface area (Å²) in [6.45, 7) is 0. The van der Waals surface area contributed by atoms with Crippen LogP contribution in [0.4, 0.5) is 8.78 Å². The molecule has 2 aromatic carbocycles. The second-order valence-corrected chi connectivity index (χ2v) is 16.6. The summed E-state index contributed by atoms with van der Waals surface area (Å²) < 4.78 is 37.4. The van der Waals surface area contributed by atoms with Gasteiger partial charge >= 0.3 is 7.12 Å². The van der Waals surface area contributed by atoms with Crippen molar-refractivity contribution < 1.29 is 28.3 Å². The number of benzene rings is 2. The van der Waals surface area contributed by atoms with Crippen LogP contribution >= 0.6 is 11.6 Å². The second kappa shape index (κ2) is 23.4. The molecular weight excluding hydrogens is 909 g/mol. The number of methoxy groups -OCH3 is 2. The number of nitrogens with zero attached hydrogens (tertiary/aromatic N) is 6. The fraction of sp³-hybridized carbons (Fsp3) is 0.148. The van der Waals surface area contributed by atoms with Gasteiger partial charge in [0.1, 0.15) is 22.9 Å². The SMILES string of the molecule is COc1ncc(F)cc1CCc1ccc(Cc2c[nH]c3nccc(-c4ccccc4)c23)cn1.COc1ncc(F)cc1CCc1ccc(Cc2c[nH]c3nccc(Cl)c23)cn1.OB(O)c1ccccc1. The molecule has 8 aromatic heterocycles. The number of fused-ring (bicyclic) bond motifs is 2. The highest BCUT2D eigenvalue weighted by atomic mass is 35.5. The highest BCUT2D eigenvalue weighted by molar-refractivity contribution is 6.58. The molecule has 352 valence electrons. The lowest BCUT2D eigenvalue weighted by molar-refractivity contribution is 0.390. The Hall–Kier alpha value is -7.85. The van der Waals surface area contributed by atoms with Gasteiger partial charge in [-0.3, -0.25) is 9.97 Å². The number of ether oxygens (including phenoxy) is 2. The van der Waals surface area contributed by atoms with E-state index in [1.165, 1.54) is 42.1 Å². The summed E-state index contributed by atoms with van der Waals surface area (Å²) in [5.41, 5.74) is 12.3. The Kier molecular flexibility index (Phi) is 16.3. The zero-order chi connectivity index (χ0) is 48.8. The smallest absolute Gasteiger partial charge is 0.481 e. The topological polar surface area (TPSA) is 168 Å². The maximum absolute atomic E-state index is 13.5. The van der Waals surface area contributed by atoms with E-state index in [9.17, 15) is 8.78 Å². The number of aromatic amines is 2. The van der Waals surface area contributed by atoms with Gasteiger partial charge in [0.2, 0.25) is 11.8 Å². The third-order valence-corrected chi connectivity index (χ3v) is 11.8. The Bertz CT molecular complexity index is 3270. The lowest BCUT2D eigenvalue weighted by Gasteiger charge is -2.08. The standard InChI is InChI=1S/C27H23FN4O.C21H18ClFN4O.C6H7BO2/c1-33-27-20(14-22(28)17-32-27)8-10-23-9-7-18(15-30-23)13-21-16-31-26-25(21)24(11-12-29-26)19-5-3-2-4-6-19;1-28-21-14(9-16(23)12-27-21)3-5-17-4-2-13(10-25-17)8-15-11-26-20-19(15)18(22)6-7-24-20;8-7(9)6-4-2-1-3-5-6/h2-7,9,11-12,14-17H,8,10,13H2,1H3,(H,29,31);2,4,6-7,9-12H,3,5,8H2,1H3,(H,24,26);1-5,8-9H. The van der Waals surface area contributed by atoms with Gasteiger partial charge in [0.25, 0.3) is 0 Å². The first kappa shape index (κ1) is 48.6. The number of aromatic nitrogens is 8. The van der Waals surface area contributed by atoms with Crippen molar-refractivity contribution in [1.29, 1.82) is 0 Å². The second-order valence-electron chi connectivity index (χ2n) is 16.2. The molecule has 0 unspecified atom stereocenters. The van der Waals surface area contributed by atoms with Crippen LogP contribution in [-0.2, 0) is 38.5 Å². The Balaban J connectivity index is 0.000000161. The maximum atomic E-state index is 13.5. The molecule has 12 nitrogen and oxygen atoms in total. The van der Waals surface area contributed by atoms with E-state index >= 15 is 0 Å². The highest BCUT2D eigenvalue weighted by Gasteiger charge is 2.14. The van der Waals surface area contributed by atoms with Gasteiger partial charge in [-0.2, -0.15) is 0 Å². The van der Waals surface area contributed by atoms with Crippen molar-refractivity contribution in [3.05, 3.63) is 220 Å².